The first kappa shape index (κ1) is 14.4. The summed E-state index contributed by atoms with van der Waals surface area (Å²) in [7, 11) is 0. The topological polar surface area (TPSA) is 29.3 Å². The number of hydrogen-bond donors (Lipinski definition) is 1. The molecule has 0 spiro atoms. The third-order valence-corrected chi connectivity index (χ3v) is 3.92. The first-order chi connectivity index (χ1) is 9.10. The van der Waals surface area contributed by atoms with E-state index in [4.69, 9.17) is 5.73 Å². The molecule has 1 aromatic carbocycles. The summed E-state index contributed by atoms with van der Waals surface area (Å²) >= 11 is 0. The molecule has 0 radical (unpaired) electrons. The lowest BCUT2D eigenvalue weighted by Gasteiger charge is -2.33. The van der Waals surface area contributed by atoms with E-state index < -0.39 is 11.6 Å². The lowest BCUT2D eigenvalue weighted by Crippen LogP contribution is -2.38. The number of hydrogen-bond acceptors (Lipinski definition) is 2. The lowest BCUT2D eigenvalue weighted by molar-refractivity contribution is 0.175. The van der Waals surface area contributed by atoms with Crippen LogP contribution in [0.3, 0.4) is 0 Å². The third-order valence-electron chi connectivity index (χ3n) is 3.92. The van der Waals surface area contributed by atoms with Crippen LogP contribution in [0, 0.1) is 17.6 Å². The van der Waals surface area contributed by atoms with Crippen molar-refractivity contribution >= 4 is 0 Å². The highest BCUT2D eigenvalue weighted by Crippen LogP contribution is 2.22. The van der Waals surface area contributed by atoms with Crippen molar-refractivity contribution in [1.82, 2.24) is 4.90 Å². The monoisotopic (exact) mass is 268 g/mol. The van der Waals surface area contributed by atoms with Gasteiger partial charge in [-0.05, 0) is 43.0 Å². The van der Waals surface area contributed by atoms with Crippen molar-refractivity contribution in [3.63, 3.8) is 0 Å². The van der Waals surface area contributed by atoms with Crippen LogP contribution in [0.2, 0.25) is 0 Å². The van der Waals surface area contributed by atoms with Crippen molar-refractivity contribution < 1.29 is 8.78 Å². The summed E-state index contributed by atoms with van der Waals surface area (Å²) in [5.41, 5.74) is 6.59. The summed E-state index contributed by atoms with van der Waals surface area (Å²) in [6.07, 6.45) is 2.48. The van der Waals surface area contributed by atoms with Gasteiger partial charge in [0, 0.05) is 25.6 Å². The highest BCUT2D eigenvalue weighted by Gasteiger charge is 2.21. The van der Waals surface area contributed by atoms with Crippen molar-refractivity contribution in [2.45, 2.75) is 25.7 Å². The molecule has 2 unspecified atom stereocenters. The smallest absolute Gasteiger partial charge is 0.159 e. The van der Waals surface area contributed by atoms with Crippen LogP contribution >= 0.6 is 0 Å². The van der Waals surface area contributed by atoms with Gasteiger partial charge in [0.05, 0.1) is 0 Å². The fraction of sp³-hybridized carbons (Fsp3) is 0.600. The van der Waals surface area contributed by atoms with E-state index >= 15 is 0 Å². The van der Waals surface area contributed by atoms with Crippen molar-refractivity contribution in [3.05, 3.63) is 35.4 Å². The molecular formula is C15H22F2N2. The molecule has 2 atom stereocenters. The van der Waals surface area contributed by atoms with Gasteiger partial charge >= 0.3 is 0 Å². The van der Waals surface area contributed by atoms with E-state index in [1.54, 1.807) is 6.07 Å². The maximum Gasteiger partial charge on any atom is 0.159 e. The summed E-state index contributed by atoms with van der Waals surface area (Å²) in [4.78, 5) is 2.38. The molecular weight excluding hydrogens is 246 g/mol. The van der Waals surface area contributed by atoms with Crippen molar-refractivity contribution in [2.75, 3.05) is 26.2 Å². The maximum absolute atomic E-state index is 13.3. The Morgan fingerprint density at radius 1 is 1.37 bits per heavy atom. The van der Waals surface area contributed by atoms with E-state index in [2.05, 4.69) is 11.8 Å². The predicted octanol–water partition coefficient (Wildman–Crippen LogP) is 2.74. The van der Waals surface area contributed by atoms with E-state index in [0.717, 1.165) is 25.2 Å². The van der Waals surface area contributed by atoms with E-state index in [1.165, 1.54) is 25.0 Å². The van der Waals surface area contributed by atoms with Crippen LogP contribution in [-0.4, -0.2) is 31.1 Å². The Balaban J connectivity index is 2.04. The minimum Gasteiger partial charge on any atom is -0.330 e. The number of likely N-dealkylation sites (tertiary alicyclic amines) is 1. The van der Waals surface area contributed by atoms with Gasteiger partial charge in [0.2, 0.25) is 0 Å². The van der Waals surface area contributed by atoms with Crippen LogP contribution < -0.4 is 5.73 Å². The van der Waals surface area contributed by atoms with Crippen molar-refractivity contribution in [1.29, 1.82) is 0 Å². The molecule has 1 aromatic rings. The number of halogens is 2. The average molecular weight is 268 g/mol. The average Bonchev–Trinajstić information content (AvgIpc) is 2.39. The van der Waals surface area contributed by atoms with Gasteiger partial charge in [0.1, 0.15) is 0 Å². The summed E-state index contributed by atoms with van der Waals surface area (Å²) in [5.74, 6) is -0.813. The fourth-order valence-corrected chi connectivity index (χ4v) is 2.85. The molecule has 2 N–H and O–H groups in total. The Hall–Kier alpha value is -1.00. The standard InChI is InChI=1S/C15H22F2N2/c1-11-3-2-6-19(9-11)10-13(8-18)12-4-5-14(16)15(17)7-12/h4-5,7,11,13H,2-3,6,8-10,18H2,1H3. The molecule has 1 aliphatic heterocycles. The molecule has 1 aliphatic rings. The second-order valence-corrected chi connectivity index (χ2v) is 5.61. The van der Waals surface area contributed by atoms with Crippen LogP contribution in [0.5, 0.6) is 0 Å². The van der Waals surface area contributed by atoms with Crippen LogP contribution in [0.15, 0.2) is 18.2 Å². The quantitative estimate of drug-likeness (QED) is 0.909. The Bertz CT molecular complexity index is 423. The zero-order chi connectivity index (χ0) is 13.8. The SMILES string of the molecule is CC1CCCN(CC(CN)c2ccc(F)c(F)c2)C1. The van der Waals surface area contributed by atoms with Gasteiger partial charge in [-0.25, -0.2) is 8.78 Å². The minimum atomic E-state index is -0.800. The van der Waals surface area contributed by atoms with E-state index in [-0.39, 0.29) is 5.92 Å². The molecule has 0 saturated carbocycles. The summed E-state index contributed by atoms with van der Waals surface area (Å²) in [5, 5.41) is 0. The molecule has 0 aromatic heterocycles. The predicted molar refractivity (Wildman–Crippen MR) is 73.0 cm³/mol. The molecule has 0 amide bonds. The van der Waals surface area contributed by atoms with Gasteiger partial charge in [-0.3, -0.25) is 0 Å². The number of nitrogens with two attached hydrogens (primary N) is 1. The first-order valence-electron chi connectivity index (χ1n) is 6.97. The van der Waals surface area contributed by atoms with Crippen LogP contribution in [0.4, 0.5) is 8.78 Å². The fourth-order valence-electron chi connectivity index (χ4n) is 2.85. The molecule has 1 fully saturated rings. The Labute approximate surface area is 113 Å². The highest BCUT2D eigenvalue weighted by molar-refractivity contribution is 5.22. The van der Waals surface area contributed by atoms with E-state index in [0.29, 0.717) is 12.5 Å². The zero-order valence-electron chi connectivity index (χ0n) is 11.4. The molecule has 1 saturated heterocycles. The minimum absolute atomic E-state index is 0.0698. The lowest BCUT2D eigenvalue weighted by atomic mass is 9.95. The Morgan fingerprint density at radius 2 is 2.16 bits per heavy atom. The summed E-state index contributed by atoms with van der Waals surface area (Å²) < 4.78 is 26.2. The zero-order valence-corrected chi connectivity index (χ0v) is 11.4. The van der Waals surface area contributed by atoms with Crippen molar-refractivity contribution in [3.8, 4) is 0 Å². The normalized spacial score (nSPS) is 22.4. The van der Waals surface area contributed by atoms with Crippen LogP contribution in [0.1, 0.15) is 31.2 Å². The molecule has 19 heavy (non-hydrogen) atoms. The molecule has 1 heterocycles. The van der Waals surface area contributed by atoms with Crippen LogP contribution in [0.25, 0.3) is 0 Å². The maximum atomic E-state index is 13.3. The molecule has 0 aliphatic carbocycles. The number of piperidine rings is 1. The van der Waals surface area contributed by atoms with E-state index in [1.807, 2.05) is 0 Å². The van der Waals surface area contributed by atoms with Gasteiger partial charge < -0.3 is 10.6 Å². The van der Waals surface area contributed by atoms with Crippen molar-refractivity contribution in [2.24, 2.45) is 11.7 Å². The number of benzene rings is 1. The largest absolute Gasteiger partial charge is 0.330 e. The van der Waals surface area contributed by atoms with Crippen LogP contribution in [-0.2, 0) is 0 Å². The van der Waals surface area contributed by atoms with Gasteiger partial charge in [-0.2, -0.15) is 0 Å². The third kappa shape index (κ3) is 3.74. The molecule has 4 heteroatoms. The summed E-state index contributed by atoms with van der Waals surface area (Å²) in [6.45, 7) is 5.67. The van der Waals surface area contributed by atoms with Gasteiger partial charge in [0.25, 0.3) is 0 Å². The number of nitrogens with zero attached hydrogens (tertiary/aromatic N) is 1. The Morgan fingerprint density at radius 3 is 2.79 bits per heavy atom. The number of rotatable bonds is 4. The first-order valence-corrected chi connectivity index (χ1v) is 6.97. The van der Waals surface area contributed by atoms with Gasteiger partial charge in [0.15, 0.2) is 11.6 Å². The molecule has 2 rings (SSSR count). The van der Waals surface area contributed by atoms with Gasteiger partial charge in [-0.1, -0.05) is 13.0 Å². The van der Waals surface area contributed by atoms with E-state index in [9.17, 15) is 8.78 Å². The Kier molecular flexibility index (Phi) is 4.88. The molecule has 106 valence electrons. The molecule has 0 bridgehead atoms. The summed E-state index contributed by atoms with van der Waals surface area (Å²) in [6, 6.07) is 4.11. The van der Waals surface area contributed by atoms with Gasteiger partial charge in [-0.15, -0.1) is 0 Å². The highest BCUT2D eigenvalue weighted by atomic mass is 19.2. The molecule has 2 nitrogen and oxygen atoms in total. The second kappa shape index (κ2) is 6.44. The second-order valence-electron chi connectivity index (χ2n) is 5.61.